The van der Waals surface area contributed by atoms with Crippen molar-refractivity contribution in [3.05, 3.63) is 41.8 Å². The molecule has 7 nitrogen and oxygen atoms in total. The van der Waals surface area contributed by atoms with Crippen LogP contribution in [0.25, 0.3) is 11.5 Å². The van der Waals surface area contributed by atoms with E-state index < -0.39 is 6.04 Å². The number of nitrogens with one attached hydrogen (secondary N) is 2. The number of hydrogen-bond acceptors (Lipinski definition) is 5. The first-order valence-corrected chi connectivity index (χ1v) is 8.18. The van der Waals surface area contributed by atoms with Crippen molar-refractivity contribution in [3.8, 4) is 11.5 Å². The summed E-state index contributed by atoms with van der Waals surface area (Å²) in [6.07, 6.45) is 1.50. The van der Waals surface area contributed by atoms with Gasteiger partial charge in [0.15, 0.2) is 0 Å². The summed E-state index contributed by atoms with van der Waals surface area (Å²) in [4.78, 5) is 27.8. The monoisotopic (exact) mass is 344 g/mol. The van der Waals surface area contributed by atoms with E-state index in [-0.39, 0.29) is 30.8 Å². The molecule has 2 amide bonds. The molecule has 2 rings (SSSR count). The van der Waals surface area contributed by atoms with E-state index in [4.69, 9.17) is 10.2 Å². The third kappa shape index (κ3) is 5.42. The first-order chi connectivity index (χ1) is 11.9. The molecule has 2 aromatic rings. The van der Waals surface area contributed by atoms with Gasteiger partial charge in [0, 0.05) is 5.56 Å². The Kier molecular flexibility index (Phi) is 6.30. The Labute approximate surface area is 147 Å². The maximum absolute atomic E-state index is 11.8. The molecule has 0 aliphatic rings. The first-order valence-electron chi connectivity index (χ1n) is 8.18. The number of hydrogen-bond donors (Lipinski definition) is 3. The highest BCUT2D eigenvalue weighted by atomic mass is 16.3. The molecule has 0 fully saturated rings. The fourth-order valence-electron chi connectivity index (χ4n) is 2.06. The first kappa shape index (κ1) is 18.7. The smallest absolute Gasteiger partial charge is 0.239 e. The molecular formula is C18H24N4O3. The van der Waals surface area contributed by atoms with Crippen molar-refractivity contribution in [1.82, 2.24) is 15.6 Å². The second kappa shape index (κ2) is 8.43. The molecule has 7 heteroatoms. The van der Waals surface area contributed by atoms with Crippen LogP contribution in [0.2, 0.25) is 0 Å². The molecule has 0 saturated heterocycles. The Morgan fingerprint density at radius 2 is 1.88 bits per heavy atom. The van der Waals surface area contributed by atoms with E-state index >= 15 is 0 Å². The van der Waals surface area contributed by atoms with Crippen LogP contribution in [-0.2, 0) is 16.1 Å². The molecule has 1 aromatic heterocycles. The van der Waals surface area contributed by atoms with Crippen LogP contribution in [0, 0.1) is 12.8 Å². The zero-order chi connectivity index (χ0) is 18.4. The number of oxazole rings is 1. The molecule has 1 heterocycles. The fourth-order valence-corrected chi connectivity index (χ4v) is 2.06. The van der Waals surface area contributed by atoms with Gasteiger partial charge in [0.25, 0.3) is 0 Å². The number of nitrogens with zero attached hydrogens (tertiary/aromatic N) is 1. The summed E-state index contributed by atoms with van der Waals surface area (Å²) in [7, 11) is 0. The van der Waals surface area contributed by atoms with Crippen molar-refractivity contribution in [2.75, 3.05) is 6.54 Å². The predicted molar refractivity (Wildman–Crippen MR) is 94.3 cm³/mol. The van der Waals surface area contributed by atoms with Crippen LogP contribution in [0.15, 0.2) is 34.9 Å². The second-order valence-corrected chi connectivity index (χ2v) is 6.27. The third-order valence-electron chi connectivity index (χ3n) is 3.76. The average molecular weight is 344 g/mol. The van der Waals surface area contributed by atoms with Crippen LogP contribution in [0.1, 0.15) is 25.1 Å². The van der Waals surface area contributed by atoms with Gasteiger partial charge in [-0.15, -0.1) is 0 Å². The van der Waals surface area contributed by atoms with Crippen molar-refractivity contribution in [2.45, 2.75) is 33.4 Å². The normalized spacial score (nSPS) is 12.0. The van der Waals surface area contributed by atoms with Crippen LogP contribution in [0.5, 0.6) is 0 Å². The minimum absolute atomic E-state index is 0.0124. The Hall–Kier alpha value is -2.67. The van der Waals surface area contributed by atoms with E-state index in [1.165, 1.54) is 6.26 Å². The number of rotatable bonds is 7. The van der Waals surface area contributed by atoms with Crippen LogP contribution in [-0.4, -0.2) is 29.4 Å². The van der Waals surface area contributed by atoms with Crippen molar-refractivity contribution >= 4 is 11.8 Å². The molecule has 0 bridgehead atoms. The third-order valence-corrected chi connectivity index (χ3v) is 3.76. The van der Waals surface area contributed by atoms with Gasteiger partial charge >= 0.3 is 0 Å². The lowest BCUT2D eigenvalue weighted by molar-refractivity contribution is -0.127. The van der Waals surface area contributed by atoms with Gasteiger partial charge in [-0.25, -0.2) is 4.98 Å². The number of aromatic nitrogens is 1. The van der Waals surface area contributed by atoms with Crippen molar-refractivity contribution < 1.29 is 14.0 Å². The Balaban J connectivity index is 1.80. The van der Waals surface area contributed by atoms with E-state index in [9.17, 15) is 9.59 Å². The largest absolute Gasteiger partial charge is 0.444 e. The quantitative estimate of drug-likeness (QED) is 0.702. The Bertz CT molecular complexity index is 722. The van der Waals surface area contributed by atoms with Gasteiger partial charge in [-0.3, -0.25) is 9.59 Å². The van der Waals surface area contributed by atoms with Crippen LogP contribution < -0.4 is 16.4 Å². The lowest BCUT2D eigenvalue weighted by atomic mass is 10.1. The minimum atomic E-state index is -0.625. The lowest BCUT2D eigenvalue weighted by Crippen LogP contribution is -2.47. The lowest BCUT2D eigenvalue weighted by Gasteiger charge is -2.14. The number of amides is 2. The van der Waals surface area contributed by atoms with Crippen LogP contribution >= 0.6 is 0 Å². The second-order valence-electron chi connectivity index (χ2n) is 6.27. The van der Waals surface area contributed by atoms with Crippen molar-refractivity contribution in [1.29, 1.82) is 0 Å². The van der Waals surface area contributed by atoms with Gasteiger partial charge in [0.2, 0.25) is 17.7 Å². The number of carbonyl (C=O) groups excluding carboxylic acids is 2. The summed E-state index contributed by atoms with van der Waals surface area (Å²) < 4.78 is 5.43. The van der Waals surface area contributed by atoms with Gasteiger partial charge in [0.1, 0.15) is 6.26 Å². The maximum atomic E-state index is 11.8. The van der Waals surface area contributed by atoms with E-state index in [0.717, 1.165) is 11.1 Å². The highest BCUT2D eigenvalue weighted by Gasteiger charge is 2.17. The molecule has 0 spiro atoms. The van der Waals surface area contributed by atoms with Gasteiger partial charge < -0.3 is 20.8 Å². The summed E-state index contributed by atoms with van der Waals surface area (Å²) in [5.41, 5.74) is 8.35. The van der Waals surface area contributed by atoms with Gasteiger partial charge in [-0.2, -0.15) is 0 Å². The number of carbonyl (C=O) groups is 2. The molecule has 0 aliphatic carbocycles. The molecule has 0 unspecified atom stereocenters. The topological polar surface area (TPSA) is 110 Å². The molecular weight excluding hydrogens is 320 g/mol. The number of aryl methyl sites for hydroxylation is 1. The zero-order valence-corrected chi connectivity index (χ0v) is 14.7. The fraction of sp³-hybridized carbons (Fsp3) is 0.389. The van der Waals surface area contributed by atoms with Crippen molar-refractivity contribution in [2.24, 2.45) is 11.7 Å². The molecule has 4 N–H and O–H groups in total. The molecule has 0 radical (unpaired) electrons. The SMILES string of the molecule is Cc1ccc(-c2nc(CNC(=O)CNC(=O)[C@@H](N)C(C)C)co2)cc1. The molecule has 0 aliphatic heterocycles. The average Bonchev–Trinajstić information content (AvgIpc) is 3.06. The summed E-state index contributed by atoms with van der Waals surface area (Å²) in [5.74, 6) is -0.142. The molecule has 1 atom stereocenters. The molecule has 1 aromatic carbocycles. The van der Waals surface area contributed by atoms with Gasteiger partial charge in [-0.05, 0) is 25.0 Å². The maximum Gasteiger partial charge on any atom is 0.239 e. The van der Waals surface area contributed by atoms with Gasteiger partial charge in [-0.1, -0.05) is 31.5 Å². The van der Waals surface area contributed by atoms with Crippen LogP contribution in [0.4, 0.5) is 0 Å². The summed E-state index contributed by atoms with van der Waals surface area (Å²) in [6, 6.07) is 7.19. The predicted octanol–water partition coefficient (Wildman–Crippen LogP) is 1.37. The van der Waals surface area contributed by atoms with E-state index in [1.54, 1.807) is 0 Å². The Morgan fingerprint density at radius 3 is 2.52 bits per heavy atom. The number of nitrogens with two attached hydrogens (primary N) is 1. The summed E-state index contributed by atoms with van der Waals surface area (Å²) >= 11 is 0. The highest BCUT2D eigenvalue weighted by Crippen LogP contribution is 2.18. The molecule has 25 heavy (non-hydrogen) atoms. The summed E-state index contributed by atoms with van der Waals surface area (Å²) in [5, 5.41) is 5.20. The summed E-state index contributed by atoms with van der Waals surface area (Å²) in [6.45, 7) is 5.80. The van der Waals surface area contributed by atoms with E-state index in [0.29, 0.717) is 11.6 Å². The minimum Gasteiger partial charge on any atom is -0.444 e. The van der Waals surface area contributed by atoms with Crippen LogP contribution in [0.3, 0.4) is 0 Å². The standard InChI is InChI=1S/C18H24N4O3/c1-11(2)16(19)17(24)21-9-15(23)20-8-14-10-25-18(22-14)13-6-4-12(3)5-7-13/h4-7,10-11,16H,8-9,19H2,1-3H3,(H,20,23)(H,21,24)/t16-/m0/s1. The Morgan fingerprint density at radius 1 is 1.20 bits per heavy atom. The molecule has 134 valence electrons. The molecule has 0 saturated carbocycles. The van der Waals surface area contributed by atoms with E-state index in [1.807, 2.05) is 45.0 Å². The highest BCUT2D eigenvalue weighted by molar-refractivity contribution is 5.87. The number of benzene rings is 1. The zero-order valence-electron chi connectivity index (χ0n) is 14.7. The van der Waals surface area contributed by atoms with E-state index in [2.05, 4.69) is 15.6 Å². The van der Waals surface area contributed by atoms with Gasteiger partial charge in [0.05, 0.1) is 24.8 Å². The van der Waals surface area contributed by atoms with Crippen molar-refractivity contribution in [3.63, 3.8) is 0 Å².